The lowest BCUT2D eigenvalue weighted by Gasteiger charge is -2.18. The summed E-state index contributed by atoms with van der Waals surface area (Å²) in [5.74, 6) is 0.599. The van der Waals surface area contributed by atoms with Crippen LogP contribution in [-0.4, -0.2) is 5.90 Å². The quantitative estimate of drug-likeness (QED) is 0.514. The number of ether oxygens (including phenoxy) is 1. The van der Waals surface area contributed by atoms with Gasteiger partial charge in [-0.15, -0.1) is 0 Å². The van der Waals surface area contributed by atoms with Gasteiger partial charge in [0.05, 0.1) is 5.69 Å². The molecule has 0 saturated heterocycles. The Morgan fingerprint density at radius 1 is 0.840 bits per heavy atom. The largest absolute Gasteiger partial charge is 0.469 e. The lowest BCUT2D eigenvalue weighted by Crippen LogP contribution is -2.12. The molecule has 0 fully saturated rings. The summed E-state index contributed by atoms with van der Waals surface area (Å²) in [6.45, 7) is 0. The molecule has 1 aliphatic heterocycles. The topological polar surface area (TPSA) is 21.6 Å². The monoisotopic (exact) mass is 367 g/mol. The van der Waals surface area contributed by atoms with Crippen LogP contribution in [0.3, 0.4) is 0 Å². The highest BCUT2D eigenvalue weighted by molar-refractivity contribution is 6.31. The number of rotatable bonds is 2. The summed E-state index contributed by atoms with van der Waals surface area (Å²) < 4.78 is 6.31. The smallest absolute Gasteiger partial charge is 0.221 e. The first-order valence-electron chi connectivity index (χ1n) is 8.04. The number of hydrogen-bond donors (Lipinski definition) is 0. The summed E-state index contributed by atoms with van der Waals surface area (Å²) >= 11 is 12.2. The molecule has 1 aliphatic rings. The summed E-state index contributed by atoms with van der Waals surface area (Å²) in [5.41, 5.74) is 3.96. The number of hydrogen-bond acceptors (Lipinski definition) is 2. The van der Waals surface area contributed by atoms with E-state index in [1.165, 1.54) is 0 Å². The van der Waals surface area contributed by atoms with Gasteiger partial charge in [0.1, 0.15) is 6.10 Å². The fourth-order valence-corrected chi connectivity index (χ4v) is 3.19. The lowest BCUT2D eigenvalue weighted by molar-refractivity contribution is 0.196. The van der Waals surface area contributed by atoms with Crippen LogP contribution >= 0.6 is 23.2 Å². The van der Waals surface area contributed by atoms with Crippen molar-refractivity contribution in [3.63, 3.8) is 0 Å². The summed E-state index contributed by atoms with van der Waals surface area (Å²) in [5, 5.41) is 1.38. The van der Waals surface area contributed by atoms with Crippen molar-refractivity contribution in [2.24, 2.45) is 4.99 Å². The second kappa shape index (κ2) is 6.91. The first-order valence-corrected chi connectivity index (χ1v) is 8.79. The van der Waals surface area contributed by atoms with Gasteiger partial charge in [-0.2, -0.15) is 0 Å². The lowest BCUT2D eigenvalue weighted by atomic mass is 10.0. The Bertz CT molecular complexity index is 920. The van der Waals surface area contributed by atoms with E-state index >= 15 is 0 Å². The molecule has 4 heteroatoms. The van der Waals surface area contributed by atoms with Crippen molar-refractivity contribution < 1.29 is 4.74 Å². The Balaban J connectivity index is 1.81. The van der Waals surface area contributed by atoms with Gasteiger partial charge in [-0.3, -0.25) is 0 Å². The number of benzene rings is 3. The predicted octanol–water partition coefficient (Wildman–Crippen LogP) is 6.39. The maximum Gasteiger partial charge on any atom is 0.221 e. The molecular formula is C21H15Cl2NO. The maximum absolute atomic E-state index is 6.31. The molecule has 0 N–H and O–H groups in total. The molecule has 3 aromatic rings. The number of halogens is 2. The zero-order valence-electron chi connectivity index (χ0n) is 13.3. The van der Waals surface area contributed by atoms with Crippen LogP contribution in [-0.2, 0) is 11.2 Å². The van der Waals surface area contributed by atoms with Crippen LogP contribution in [0.1, 0.15) is 22.8 Å². The van der Waals surface area contributed by atoms with Crippen molar-refractivity contribution in [2.45, 2.75) is 12.5 Å². The molecule has 25 heavy (non-hydrogen) atoms. The van der Waals surface area contributed by atoms with Crippen LogP contribution in [0.25, 0.3) is 0 Å². The molecule has 0 bridgehead atoms. The molecule has 1 unspecified atom stereocenters. The molecular weight excluding hydrogens is 353 g/mol. The van der Waals surface area contributed by atoms with Gasteiger partial charge >= 0.3 is 0 Å². The molecule has 3 aromatic carbocycles. The molecule has 0 spiro atoms. The van der Waals surface area contributed by atoms with Gasteiger partial charge in [0, 0.05) is 22.0 Å². The summed E-state index contributed by atoms with van der Waals surface area (Å²) in [6, 6.07) is 23.5. The summed E-state index contributed by atoms with van der Waals surface area (Å²) in [4.78, 5) is 4.75. The van der Waals surface area contributed by atoms with E-state index in [2.05, 4.69) is 0 Å². The van der Waals surface area contributed by atoms with Gasteiger partial charge in [-0.05, 0) is 47.5 Å². The molecule has 0 amide bonds. The minimum absolute atomic E-state index is 0.140. The fraction of sp³-hybridized carbons (Fsp3) is 0.0952. The Kier molecular flexibility index (Phi) is 4.48. The van der Waals surface area contributed by atoms with Gasteiger partial charge < -0.3 is 4.74 Å². The molecule has 0 radical (unpaired) electrons. The highest BCUT2D eigenvalue weighted by Crippen LogP contribution is 2.35. The van der Waals surface area contributed by atoms with Crippen LogP contribution in [0.2, 0.25) is 10.0 Å². The SMILES string of the molecule is Clc1ccc(C2Cc3ccc(Cl)cc3N=C(c3ccccc3)O2)cc1. The van der Waals surface area contributed by atoms with E-state index in [0.717, 1.165) is 22.4 Å². The standard InChI is InChI=1S/C21H15Cl2NO/c22-17-9-6-14(7-10-17)20-12-16-8-11-18(23)13-19(16)24-21(25-20)15-4-2-1-3-5-15/h1-11,13,20H,12H2. The highest BCUT2D eigenvalue weighted by atomic mass is 35.5. The molecule has 124 valence electrons. The number of aliphatic imine (C=N–C) groups is 1. The van der Waals surface area contributed by atoms with Crippen LogP contribution < -0.4 is 0 Å². The van der Waals surface area contributed by atoms with E-state index in [1.807, 2.05) is 72.8 Å². The van der Waals surface area contributed by atoms with Crippen LogP contribution in [0.15, 0.2) is 77.8 Å². The first-order chi connectivity index (χ1) is 12.2. The van der Waals surface area contributed by atoms with E-state index in [1.54, 1.807) is 0 Å². The fourth-order valence-electron chi connectivity index (χ4n) is 2.90. The first kappa shape index (κ1) is 16.2. The Morgan fingerprint density at radius 3 is 2.32 bits per heavy atom. The normalized spacial score (nSPS) is 16.4. The Morgan fingerprint density at radius 2 is 1.56 bits per heavy atom. The van der Waals surface area contributed by atoms with Gasteiger partial charge in [0.15, 0.2) is 0 Å². The molecule has 1 atom stereocenters. The molecule has 2 nitrogen and oxygen atoms in total. The van der Waals surface area contributed by atoms with E-state index in [-0.39, 0.29) is 6.10 Å². The van der Waals surface area contributed by atoms with Crippen molar-refractivity contribution in [3.05, 3.63) is 99.5 Å². The van der Waals surface area contributed by atoms with Crippen LogP contribution in [0, 0.1) is 0 Å². The van der Waals surface area contributed by atoms with Crippen molar-refractivity contribution >= 4 is 34.8 Å². The number of fused-ring (bicyclic) bond motifs is 1. The van der Waals surface area contributed by atoms with Crippen LogP contribution in [0.4, 0.5) is 5.69 Å². The minimum atomic E-state index is -0.140. The third-order valence-electron chi connectivity index (χ3n) is 4.19. The van der Waals surface area contributed by atoms with Crippen LogP contribution in [0.5, 0.6) is 0 Å². The maximum atomic E-state index is 6.31. The third kappa shape index (κ3) is 3.55. The number of nitrogens with zero attached hydrogens (tertiary/aromatic N) is 1. The van der Waals surface area contributed by atoms with E-state index in [9.17, 15) is 0 Å². The second-order valence-electron chi connectivity index (χ2n) is 5.92. The third-order valence-corrected chi connectivity index (χ3v) is 4.68. The molecule has 0 saturated carbocycles. The van der Waals surface area contributed by atoms with Gasteiger partial charge in [0.25, 0.3) is 0 Å². The van der Waals surface area contributed by atoms with Crippen molar-refractivity contribution in [1.82, 2.24) is 0 Å². The van der Waals surface area contributed by atoms with Crippen molar-refractivity contribution in [3.8, 4) is 0 Å². The molecule has 0 aliphatic carbocycles. The van der Waals surface area contributed by atoms with Crippen molar-refractivity contribution in [1.29, 1.82) is 0 Å². The van der Waals surface area contributed by atoms with E-state index < -0.39 is 0 Å². The van der Waals surface area contributed by atoms with Crippen molar-refractivity contribution in [2.75, 3.05) is 0 Å². The zero-order chi connectivity index (χ0) is 17.2. The molecule has 4 rings (SSSR count). The van der Waals surface area contributed by atoms with Gasteiger partial charge in [-0.25, -0.2) is 4.99 Å². The molecule has 1 heterocycles. The average Bonchev–Trinajstić information content (AvgIpc) is 2.82. The second-order valence-corrected chi connectivity index (χ2v) is 6.79. The average molecular weight is 368 g/mol. The summed E-state index contributed by atoms with van der Waals surface area (Å²) in [6.07, 6.45) is 0.576. The van der Waals surface area contributed by atoms with E-state index in [0.29, 0.717) is 22.4 Å². The van der Waals surface area contributed by atoms with Gasteiger partial charge in [-0.1, -0.05) is 59.6 Å². The Labute approximate surface area is 156 Å². The zero-order valence-corrected chi connectivity index (χ0v) is 14.8. The summed E-state index contributed by atoms with van der Waals surface area (Å²) in [7, 11) is 0. The highest BCUT2D eigenvalue weighted by Gasteiger charge is 2.23. The van der Waals surface area contributed by atoms with E-state index in [4.69, 9.17) is 32.9 Å². The predicted molar refractivity (Wildman–Crippen MR) is 103 cm³/mol. The molecule has 0 aromatic heterocycles. The Hall–Kier alpha value is -2.29. The van der Waals surface area contributed by atoms with Gasteiger partial charge in [0.2, 0.25) is 5.90 Å². The minimum Gasteiger partial charge on any atom is -0.469 e.